The number of likely N-dealkylation sites (N-methyl/N-ethyl adjacent to an activating group) is 1. The zero-order valence-electron chi connectivity index (χ0n) is 7.97. The summed E-state index contributed by atoms with van der Waals surface area (Å²) in [5.74, 6) is 0.192. The molecule has 0 aromatic rings. The molecule has 0 aromatic heterocycles. The van der Waals surface area contributed by atoms with Gasteiger partial charge in [-0.15, -0.1) is 0 Å². The first kappa shape index (κ1) is 9.52. The summed E-state index contributed by atoms with van der Waals surface area (Å²) in [7, 11) is 3.94. The minimum atomic E-state index is 0.192. The first-order valence-corrected chi connectivity index (χ1v) is 4.59. The minimum absolute atomic E-state index is 0.192. The zero-order chi connectivity index (χ0) is 9.14. The molecular formula is C9H18N2O. The first-order valence-electron chi connectivity index (χ1n) is 4.59. The van der Waals surface area contributed by atoms with Gasteiger partial charge in [0.15, 0.2) is 0 Å². The molecule has 1 saturated heterocycles. The maximum absolute atomic E-state index is 11.2. The molecule has 2 atom stereocenters. The van der Waals surface area contributed by atoms with Crippen molar-refractivity contribution < 1.29 is 9.69 Å². The number of carbonyl (C=O) groups is 1. The Labute approximate surface area is 74.3 Å². The van der Waals surface area contributed by atoms with E-state index in [0.29, 0.717) is 6.04 Å². The molecule has 12 heavy (non-hydrogen) atoms. The summed E-state index contributed by atoms with van der Waals surface area (Å²) in [6.07, 6.45) is 1.10. The number of likely N-dealkylation sites (tertiary alicyclic amines) is 1. The quantitative estimate of drug-likeness (QED) is 0.545. The second-order valence-electron chi connectivity index (χ2n) is 3.45. The summed E-state index contributed by atoms with van der Waals surface area (Å²) >= 11 is 0. The number of nitrogens with one attached hydrogen (secondary N) is 1. The van der Waals surface area contributed by atoms with Crippen molar-refractivity contribution in [1.29, 1.82) is 0 Å². The van der Waals surface area contributed by atoms with E-state index in [-0.39, 0.29) is 5.91 Å². The second kappa shape index (κ2) is 3.90. The van der Waals surface area contributed by atoms with Crippen LogP contribution in [0.5, 0.6) is 0 Å². The van der Waals surface area contributed by atoms with Gasteiger partial charge in [-0.05, 0) is 6.92 Å². The van der Waals surface area contributed by atoms with E-state index < -0.39 is 0 Å². The fraction of sp³-hybridized carbons (Fsp3) is 0.778. The van der Waals surface area contributed by atoms with Gasteiger partial charge in [0.1, 0.15) is 0 Å². The van der Waals surface area contributed by atoms with E-state index in [9.17, 15) is 4.79 Å². The molecule has 3 nitrogen and oxygen atoms in total. The van der Waals surface area contributed by atoms with Gasteiger partial charge in [-0.25, -0.2) is 0 Å². The molecule has 1 N–H and O–H groups in total. The van der Waals surface area contributed by atoms with Gasteiger partial charge >= 0.3 is 0 Å². The van der Waals surface area contributed by atoms with Crippen LogP contribution in [0.1, 0.15) is 20.3 Å². The number of rotatable bonds is 2. The molecule has 1 aliphatic heterocycles. The minimum Gasteiger partial charge on any atom is -0.466 e. The number of nitrogens with zero attached hydrogens (tertiary/aromatic N) is 1. The molecule has 3 heteroatoms. The van der Waals surface area contributed by atoms with Crippen LogP contribution in [0, 0.1) is 7.05 Å². The van der Waals surface area contributed by atoms with Crippen molar-refractivity contribution in [2.45, 2.75) is 26.3 Å². The Morgan fingerprint density at radius 2 is 2.42 bits per heavy atom. The highest BCUT2D eigenvalue weighted by Crippen LogP contribution is 2.05. The van der Waals surface area contributed by atoms with Gasteiger partial charge in [0, 0.05) is 19.9 Å². The second-order valence-corrected chi connectivity index (χ2v) is 3.45. The van der Waals surface area contributed by atoms with Crippen molar-refractivity contribution in [3.05, 3.63) is 7.05 Å². The van der Waals surface area contributed by atoms with Crippen LogP contribution in [-0.2, 0) is 4.79 Å². The number of amides is 1. The molecule has 0 aromatic carbocycles. The predicted molar refractivity (Wildman–Crippen MR) is 47.5 cm³/mol. The largest absolute Gasteiger partial charge is 0.466 e. The average molecular weight is 170 g/mol. The lowest BCUT2D eigenvalue weighted by atomic mass is 10.2. The monoisotopic (exact) mass is 170 g/mol. The number of hydrogen-bond acceptors (Lipinski definition) is 1. The number of hydrogen-bond donors (Lipinski definition) is 1. The van der Waals surface area contributed by atoms with E-state index in [2.05, 4.69) is 7.05 Å². The lowest BCUT2D eigenvalue weighted by Gasteiger charge is -2.25. The summed E-state index contributed by atoms with van der Waals surface area (Å²) in [5.41, 5.74) is 0. The van der Waals surface area contributed by atoms with Crippen molar-refractivity contribution in [3.63, 3.8) is 0 Å². The van der Waals surface area contributed by atoms with Crippen LogP contribution < -0.4 is 4.90 Å². The molecule has 0 bridgehead atoms. The van der Waals surface area contributed by atoms with Crippen molar-refractivity contribution in [1.82, 2.24) is 4.90 Å². The van der Waals surface area contributed by atoms with Gasteiger partial charge in [-0.1, -0.05) is 0 Å². The van der Waals surface area contributed by atoms with E-state index in [0.717, 1.165) is 26.1 Å². The molecule has 1 unspecified atom stereocenters. The smallest absolute Gasteiger partial charge is 0.219 e. The maximum atomic E-state index is 11.2. The van der Waals surface area contributed by atoms with Crippen LogP contribution in [0.2, 0.25) is 0 Å². The first-order chi connectivity index (χ1) is 5.65. The van der Waals surface area contributed by atoms with Gasteiger partial charge < -0.3 is 9.80 Å². The topological polar surface area (TPSA) is 24.8 Å². The Balaban J connectivity index is 2.49. The average Bonchev–Trinajstić information content (AvgIpc) is 2.37. The van der Waals surface area contributed by atoms with Crippen LogP contribution in [-0.4, -0.2) is 36.5 Å². The molecule has 1 amide bonds. The molecule has 0 spiro atoms. The third-order valence-electron chi connectivity index (χ3n) is 2.54. The maximum Gasteiger partial charge on any atom is 0.219 e. The molecule has 1 heterocycles. The number of quaternary nitrogens is 1. The summed E-state index contributed by atoms with van der Waals surface area (Å²) in [6, 6.07) is 0.431. The summed E-state index contributed by atoms with van der Waals surface area (Å²) in [4.78, 5) is 14.4. The van der Waals surface area contributed by atoms with Gasteiger partial charge in [-0.2, -0.15) is 7.05 Å². The van der Waals surface area contributed by atoms with Crippen molar-refractivity contribution in [2.75, 3.05) is 19.6 Å². The van der Waals surface area contributed by atoms with E-state index in [1.54, 1.807) is 6.92 Å². The lowest BCUT2D eigenvalue weighted by Crippen LogP contribution is -3.05. The van der Waals surface area contributed by atoms with Gasteiger partial charge in [0.2, 0.25) is 5.91 Å². The standard InChI is InChI=1S/C9H18N2O/c1-4-11(8(2)12)9-5-6-10(3)7-9/h9-10H,3-7H2,1-2H3/t9-/m1/s1. The lowest BCUT2D eigenvalue weighted by molar-refractivity contribution is -0.840. The summed E-state index contributed by atoms with van der Waals surface area (Å²) in [5, 5.41) is 0. The van der Waals surface area contributed by atoms with Gasteiger partial charge in [0.25, 0.3) is 0 Å². The third kappa shape index (κ3) is 1.97. The van der Waals surface area contributed by atoms with E-state index >= 15 is 0 Å². The van der Waals surface area contributed by atoms with Crippen LogP contribution in [0.3, 0.4) is 0 Å². The van der Waals surface area contributed by atoms with Crippen LogP contribution in [0.15, 0.2) is 0 Å². The molecule has 0 saturated carbocycles. The zero-order valence-corrected chi connectivity index (χ0v) is 7.97. The molecular weight excluding hydrogens is 152 g/mol. The normalized spacial score (nSPS) is 28.9. The van der Waals surface area contributed by atoms with E-state index in [1.807, 2.05) is 11.8 Å². The van der Waals surface area contributed by atoms with Crippen LogP contribution >= 0.6 is 0 Å². The van der Waals surface area contributed by atoms with Crippen molar-refractivity contribution in [2.24, 2.45) is 0 Å². The molecule has 70 valence electrons. The fourth-order valence-corrected chi connectivity index (χ4v) is 1.91. The van der Waals surface area contributed by atoms with Crippen LogP contribution in [0.4, 0.5) is 0 Å². The SMILES string of the molecule is [CH2-][NH+]1CC[C@@H](N(CC)C(C)=O)C1. The molecule has 0 aliphatic carbocycles. The molecule has 0 radical (unpaired) electrons. The fourth-order valence-electron chi connectivity index (χ4n) is 1.91. The van der Waals surface area contributed by atoms with Crippen LogP contribution in [0.25, 0.3) is 0 Å². The summed E-state index contributed by atoms with van der Waals surface area (Å²) < 4.78 is 0. The highest BCUT2D eigenvalue weighted by atomic mass is 16.2. The molecule has 1 aliphatic rings. The van der Waals surface area contributed by atoms with Gasteiger partial charge in [-0.3, -0.25) is 4.79 Å². The van der Waals surface area contributed by atoms with Crippen molar-refractivity contribution >= 4 is 5.91 Å². The molecule has 1 rings (SSSR count). The Morgan fingerprint density at radius 3 is 2.75 bits per heavy atom. The van der Waals surface area contributed by atoms with E-state index in [1.165, 1.54) is 4.90 Å². The Morgan fingerprint density at radius 1 is 1.75 bits per heavy atom. The Kier molecular flexibility index (Phi) is 3.09. The molecule has 1 fully saturated rings. The number of carbonyl (C=O) groups excluding carboxylic acids is 1. The predicted octanol–water partition coefficient (Wildman–Crippen LogP) is -0.696. The van der Waals surface area contributed by atoms with E-state index in [4.69, 9.17) is 0 Å². The van der Waals surface area contributed by atoms with Gasteiger partial charge in [0.05, 0.1) is 19.1 Å². The highest BCUT2D eigenvalue weighted by molar-refractivity contribution is 5.73. The Hall–Kier alpha value is -0.570. The highest BCUT2D eigenvalue weighted by Gasteiger charge is 2.26. The summed E-state index contributed by atoms with van der Waals surface area (Å²) in [6.45, 7) is 6.60. The third-order valence-corrected chi connectivity index (χ3v) is 2.54. The van der Waals surface area contributed by atoms with Crippen molar-refractivity contribution in [3.8, 4) is 0 Å². The Bertz CT molecular complexity index is 170.